The maximum absolute atomic E-state index is 11.8. The first-order valence-corrected chi connectivity index (χ1v) is 10.6. The van der Waals surface area contributed by atoms with E-state index < -0.39 is 10.0 Å². The Morgan fingerprint density at radius 2 is 2.04 bits per heavy atom. The fourth-order valence-electron chi connectivity index (χ4n) is 2.90. The molecule has 0 radical (unpaired) electrons. The Labute approximate surface area is 154 Å². The van der Waals surface area contributed by atoms with Crippen molar-refractivity contribution in [1.29, 1.82) is 0 Å². The molecule has 2 aliphatic heterocycles. The van der Waals surface area contributed by atoms with Crippen LogP contribution in [-0.4, -0.2) is 63.8 Å². The van der Waals surface area contributed by atoms with E-state index in [1.807, 2.05) is 25.1 Å². The Balaban J connectivity index is 1.63. The molecule has 0 aliphatic carbocycles. The molecule has 1 aromatic carbocycles. The standard InChI is InChI=1S/C17H26N4O4S/c1-2-18-17(19-7-9-21-8-3-12-26(21,22)23)20-14-5-6-15-16(13-14)25-11-4-10-24-15/h5-6,13H,2-4,7-12H2,1H3,(H2,18,19,20). The summed E-state index contributed by atoms with van der Waals surface area (Å²) in [7, 11) is -3.08. The monoisotopic (exact) mass is 382 g/mol. The summed E-state index contributed by atoms with van der Waals surface area (Å²) in [4.78, 5) is 4.48. The number of benzene rings is 1. The molecule has 144 valence electrons. The number of anilines is 1. The SMILES string of the molecule is CCNC(=NCCN1CCCS1(=O)=O)Nc1ccc2c(c1)OCCCO2. The number of ether oxygens (including phenoxy) is 2. The second kappa shape index (κ2) is 8.59. The van der Waals surface area contributed by atoms with Gasteiger partial charge in [0.05, 0.1) is 25.5 Å². The van der Waals surface area contributed by atoms with Crippen molar-refractivity contribution in [3.63, 3.8) is 0 Å². The van der Waals surface area contributed by atoms with Gasteiger partial charge in [-0.25, -0.2) is 12.7 Å². The number of aliphatic imine (C=N–C) groups is 1. The van der Waals surface area contributed by atoms with Crippen LogP contribution in [0.4, 0.5) is 5.69 Å². The van der Waals surface area contributed by atoms with E-state index in [-0.39, 0.29) is 5.75 Å². The molecule has 1 saturated heterocycles. The maximum atomic E-state index is 11.8. The quantitative estimate of drug-likeness (QED) is 0.588. The van der Waals surface area contributed by atoms with E-state index in [2.05, 4.69) is 15.6 Å². The molecule has 1 aromatic rings. The third kappa shape index (κ3) is 4.79. The molecule has 26 heavy (non-hydrogen) atoms. The highest BCUT2D eigenvalue weighted by Crippen LogP contribution is 2.32. The second-order valence-corrected chi connectivity index (χ2v) is 8.25. The molecule has 2 N–H and O–H groups in total. The minimum absolute atomic E-state index is 0.242. The highest BCUT2D eigenvalue weighted by molar-refractivity contribution is 7.89. The molecule has 0 aromatic heterocycles. The zero-order chi connectivity index (χ0) is 18.4. The molecule has 0 atom stereocenters. The fourth-order valence-corrected chi connectivity index (χ4v) is 4.42. The third-order valence-corrected chi connectivity index (χ3v) is 6.13. The molecule has 0 saturated carbocycles. The topological polar surface area (TPSA) is 92.3 Å². The Morgan fingerprint density at radius 1 is 1.23 bits per heavy atom. The lowest BCUT2D eigenvalue weighted by molar-refractivity contribution is 0.297. The van der Waals surface area contributed by atoms with Gasteiger partial charge in [0.1, 0.15) is 0 Å². The zero-order valence-electron chi connectivity index (χ0n) is 15.0. The van der Waals surface area contributed by atoms with Gasteiger partial charge in [-0.3, -0.25) is 4.99 Å². The average molecular weight is 382 g/mol. The van der Waals surface area contributed by atoms with Gasteiger partial charge < -0.3 is 20.1 Å². The highest BCUT2D eigenvalue weighted by atomic mass is 32.2. The lowest BCUT2D eigenvalue weighted by Gasteiger charge is -2.15. The van der Waals surface area contributed by atoms with Crippen molar-refractivity contribution in [3.05, 3.63) is 18.2 Å². The second-order valence-electron chi connectivity index (χ2n) is 6.17. The van der Waals surface area contributed by atoms with Gasteiger partial charge in [-0.2, -0.15) is 0 Å². The Bertz CT molecular complexity index is 751. The van der Waals surface area contributed by atoms with Crippen molar-refractivity contribution in [3.8, 4) is 11.5 Å². The summed E-state index contributed by atoms with van der Waals surface area (Å²) in [6.45, 7) is 5.37. The van der Waals surface area contributed by atoms with Crippen LogP contribution in [0, 0.1) is 0 Å². The average Bonchev–Trinajstić information content (AvgIpc) is 2.81. The number of hydrogen-bond acceptors (Lipinski definition) is 5. The molecule has 8 nitrogen and oxygen atoms in total. The van der Waals surface area contributed by atoms with Crippen molar-refractivity contribution < 1.29 is 17.9 Å². The van der Waals surface area contributed by atoms with Gasteiger partial charge in [0.25, 0.3) is 0 Å². The molecule has 2 heterocycles. The van der Waals surface area contributed by atoms with Crippen molar-refractivity contribution in [1.82, 2.24) is 9.62 Å². The summed E-state index contributed by atoms with van der Waals surface area (Å²) in [5.41, 5.74) is 0.836. The van der Waals surface area contributed by atoms with Gasteiger partial charge in [-0.15, -0.1) is 0 Å². The predicted octanol–water partition coefficient (Wildman–Crippen LogP) is 1.26. The lowest BCUT2D eigenvalue weighted by Crippen LogP contribution is -2.33. The molecular weight excluding hydrogens is 356 g/mol. The van der Waals surface area contributed by atoms with E-state index in [9.17, 15) is 8.42 Å². The van der Waals surface area contributed by atoms with Crippen LogP contribution >= 0.6 is 0 Å². The van der Waals surface area contributed by atoms with Gasteiger partial charge in [0.15, 0.2) is 17.5 Å². The molecule has 0 unspecified atom stereocenters. The molecule has 0 amide bonds. The summed E-state index contributed by atoms with van der Waals surface area (Å²) in [6.07, 6.45) is 1.56. The molecule has 1 fully saturated rings. The Kier molecular flexibility index (Phi) is 6.20. The first kappa shape index (κ1) is 18.8. The number of nitrogens with zero attached hydrogens (tertiary/aromatic N) is 2. The van der Waals surface area contributed by atoms with E-state index in [0.717, 1.165) is 17.9 Å². The van der Waals surface area contributed by atoms with Crippen molar-refractivity contribution in [2.75, 3.05) is 50.5 Å². The summed E-state index contributed by atoms with van der Waals surface area (Å²) >= 11 is 0. The molecule has 9 heteroatoms. The summed E-state index contributed by atoms with van der Waals surface area (Å²) in [5.74, 6) is 2.31. The summed E-state index contributed by atoms with van der Waals surface area (Å²) < 4.78 is 36.5. The lowest BCUT2D eigenvalue weighted by atomic mass is 10.3. The number of hydrogen-bond donors (Lipinski definition) is 2. The van der Waals surface area contributed by atoms with Crippen molar-refractivity contribution >= 4 is 21.7 Å². The number of rotatable bonds is 5. The number of sulfonamides is 1. The number of nitrogens with one attached hydrogen (secondary N) is 2. The molecule has 0 spiro atoms. The molecule has 3 rings (SSSR count). The molecule has 2 aliphatic rings. The van der Waals surface area contributed by atoms with E-state index in [0.29, 0.717) is 57.5 Å². The normalized spacial score (nSPS) is 19.8. The van der Waals surface area contributed by atoms with Crippen LogP contribution in [0.3, 0.4) is 0 Å². The van der Waals surface area contributed by atoms with Gasteiger partial charge in [0.2, 0.25) is 10.0 Å². The first-order chi connectivity index (χ1) is 12.6. The van der Waals surface area contributed by atoms with E-state index >= 15 is 0 Å². The smallest absolute Gasteiger partial charge is 0.214 e. The number of fused-ring (bicyclic) bond motifs is 1. The number of guanidine groups is 1. The maximum Gasteiger partial charge on any atom is 0.214 e. The highest BCUT2D eigenvalue weighted by Gasteiger charge is 2.27. The minimum atomic E-state index is -3.08. The van der Waals surface area contributed by atoms with Crippen molar-refractivity contribution in [2.45, 2.75) is 19.8 Å². The van der Waals surface area contributed by atoms with Crippen LogP contribution < -0.4 is 20.1 Å². The van der Waals surface area contributed by atoms with Crippen LogP contribution in [0.15, 0.2) is 23.2 Å². The fraction of sp³-hybridized carbons (Fsp3) is 0.588. The van der Waals surface area contributed by atoms with E-state index in [1.165, 1.54) is 4.31 Å². The Morgan fingerprint density at radius 3 is 2.77 bits per heavy atom. The van der Waals surface area contributed by atoms with E-state index in [1.54, 1.807) is 0 Å². The zero-order valence-corrected chi connectivity index (χ0v) is 15.8. The molecular formula is C17H26N4O4S. The van der Waals surface area contributed by atoms with Gasteiger partial charge in [0, 0.05) is 37.8 Å². The Hall–Kier alpha value is -2.00. The van der Waals surface area contributed by atoms with Gasteiger partial charge in [-0.05, 0) is 25.5 Å². The van der Waals surface area contributed by atoms with Crippen molar-refractivity contribution in [2.24, 2.45) is 4.99 Å². The van der Waals surface area contributed by atoms with Crippen LogP contribution in [0.5, 0.6) is 11.5 Å². The van der Waals surface area contributed by atoms with E-state index in [4.69, 9.17) is 9.47 Å². The first-order valence-electron chi connectivity index (χ1n) is 9.01. The summed E-state index contributed by atoms with van der Waals surface area (Å²) in [6, 6.07) is 5.67. The van der Waals surface area contributed by atoms with Gasteiger partial charge >= 0.3 is 0 Å². The predicted molar refractivity (Wildman–Crippen MR) is 102 cm³/mol. The minimum Gasteiger partial charge on any atom is -0.490 e. The van der Waals surface area contributed by atoms with Gasteiger partial charge in [-0.1, -0.05) is 0 Å². The van der Waals surface area contributed by atoms with Crippen LogP contribution in [0.1, 0.15) is 19.8 Å². The molecule has 0 bridgehead atoms. The van der Waals surface area contributed by atoms with Crippen LogP contribution in [0.25, 0.3) is 0 Å². The summed E-state index contributed by atoms with van der Waals surface area (Å²) in [5, 5.41) is 6.40. The van der Waals surface area contributed by atoms with Crippen LogP contribution in [0.2, 0.25) is 0 Å². The third-order valence-electron chi connectivity index (χ3n) is 4.18. The van der Waals surface area contributed by atoms with Crippen LogP contribution in [-0.2, 0) is 10.0 Å². The largest absolute Gasteiger partial charge is 0.490 e.